The summed E-state index contributed by atoms with van der Waals surface area (Å²) in [5.74, 6) is -0.865. The highest BCUT2D eigenvalue weighted by atomic mass is 35.5. The standard InChI is InChI=1S/C24H33ClO5/c1-13(26)19(29)24(30)20(2,3)11-17-16-7-6-14-10-15(27)8-9-21(14,4)23(16,25)18(28)12-22(17,24)5/h6,8-9,13,16-18,26,28,30H,7,10-12H2,1-5H3. The van der Waals surface area contributed by atoms with Crippen molar-refractivity contribution >= 4 is 23.2 Å². The molecule has 0 bridgehead atoms. The van der Waals surface area contributed by atoms with Crippen molar-refractivity contribution in [3.63, 3.8) is 0 Å². The van der Waals surface area contributed by atoms with E-state index in [1.165, 1.54) is 6.92 Å². The van der Waals surface area contributed by atoms with Gasteiger partial charge in [0.05, 0.1) is 11.0 Å². The molecule has 6 heteroatoms. The molecule has 0 aromatic heterocycles. The fourth-order valence-corrected chi connectivity index (χ4v) is 8.15. The summed E-state index contributed by atoms with van der Waals surface area (Å²) in [4.78, 5) is 24.1. The highest BCUT2D eigenvalue weighted by Gasteiger charge is 2.77. The van der Waals surface area contributed by atoms with Gasteiger partial charge in [-0.25, -0.2) is 0 Å². The maximum absolute atomic E-state index is 13.1. The van der Waals surface area contributed by atoms with Crippen LogP contribution in [-0.2, 0) is 9.59 Å². The second-order valence-electron chi connectivity index (χ2n) is 11.1. The van der Waals surface area contributed by atoms with Crippen LogP contribution < -0.4 is 0 Å². The van der Waals surface area contributed by atoms with E-state index in [0.29, 0.717) is 19.3 Å². The maximum atomic E-state index is 13.1. The van der Waals surface area contributed by atoms with Gasteiger partial charge in [0.25, 0.3) is 0 Å². The van der Waals surface area contributed by atoms with Crippen LogP contribution in [0.4, 0.5) is 0 Å². The minimum Gasteiger partial charge on any atom is -0.391 e. The third-order valence-corrected chi connectivity index (χ3v) is 10.2. The molecule has 0 aromatic rings. The highest BCUT2D eigenvalue weighted by molar-refractivity contribution is 6.26. The van der Waals surface area contributed by atoms with Gasteiger partial charge in [-0.3, -0.25) is 9.59 Å². The molecule has 4 aliphatic rings. The monoisotopic (exact) mass is 436 g/mol. The molecule has 3 N–H and O–H groups in total. The van der Waals surface area contributed by atoms with E-state index in [1.807, 2.05) is 33.8 Å². The summed E-state index contributed by atoms with van der Waals surface area (Å²) in [7, 11) is 0. The summed E-state index contributed by atoms with van der Waals surface area (Å²) >= 11 is 7.38. The molecule has 30 heavy (non-hydrogen) atoms. The Labute approximate surface area is 183 Å². The molecule has 0 heterocycles. The summed E-state index contributed by atoms with van der Waals surface area (Å²) in [6.07, 6.45) is 4.80. The number of hydrogen-bond acceptors (Lipinski definition) is 5. The van der Waals surface area contributed by atoms with Crippen molar-refractivity contribution in [1.82, 2.24) is 0 Å². The molecule has 4 rings (SSSR count). The van der Waals surface area contributed by atoms with E-state index in [2.05, 4.69) is 6.08 Å². The number of rotatable bonds is 2. The number of aliphatic hydroxyl groups excluding tert-OH is 2. The Morgan fingerprint density at radius 2 is 1.83 bits per heavy atom. The number of Topliss-reactive ketones (excluding diaryl/α,β-unsaturated/α-hetero) is 1. The van der Waals surface area contributed by atoms with Crippen molar-refractivity contribution in [2.45, 2.75) is 83.0 Å². The van der Waals surface area contributed by atoms with E-state index in [-0.39, 0.29) is 24.0 Å². The van der Waals surface area contributed by atoms with Gasteiger partial charge in [0, 0.05) is 22.7 Å². The summed E-state index contributed by atoms with van der Waals surface area (Å²) in [5.41, 5.74) is -3.22. The molecule has 4 aliphatic carbocycles. The largest absolute Gasteiger partial charge is 0.391 e. The summed E-state index contributed by atoms with van der Waals surface area (Å²) in [6.45, 7) is 8.97. The zero-order valence-corrected chi connectivity index (χ0v) is 19.2. The van der Waals surface area contributed by atoms with Gasteiger partial charge < -0.3 is 15.3 Å². The number of ketones is 2. The predicted octanol–water partition coefficient (Wildman–Crippen LogP) is 2.94. The zero-order chi connectivity index (χ0) is 22.5. The summed E-state index contributed by atoms with van der Waals surface area (Å²) in [6, 6.07) is 0. The van der Waals surface area contributed by atoms with Crippen LogP contribution in [0.5, 0.6) is 0 Å². The zero-order valence-electron chi connectivity index (χ0n) is 18.4. The molecule has 0 aliphatic heterocycles. The molecular formula is C24H33ClO5. The Hall–Kier alpha value is -1.01. The first kappa shape index (κ1) is 22.2. The number of carbonyl (C=O) groups excluding carboxylic acids is 2. The van der Waals surface area contributed by atoms with Gasteiger partial charge in [0.2, 0.25) is 0 Å². The summed E-state index contributed by atoms with van der Waals surface area (Å²) < 4.78 is 0. The SMILES string of the molecule is CC(O)C(=O)C1(O)C(C)(C)CC2C3CC=C4CC(=O)C=CC4(C)C3(Cl)C(O)CC21C. The summed E-state index contributed by atoms with van der Waals surface area (Å²) in [5, 5.41) is 33.5. The number of hydrogen-bond donors (Lipinski definition) is 3. The molecule has 0 saturated heterocycles. The third kappa shape index (κ3) is 2.30. The Bertz CT molecular complexity index is 875. The predicted molar refractivity (Wildman–Crippen MR) is 114 cm³/mol. The maximum Gasteiger partial charge on any atom is 0.193 e. The van der Waals surface area contributed by atoms with Gasteiger partial charge in [-0.05, 0) is 44.1 Å². The molecule has 0 aromatic carbocycles. The van der Waals surface area contributed by atoms with E-state index in [4.69, 9.17) is 11.6 Å². The lowest BCUT2D eigenvalue weighted by molar-refractivity contribution is -0.191. The van der Waals surface area contributed by atoms with E-state index in [1.54, 1.807) is 6.08 Å². The van der Waals surface area contributed by atoms with Gasteiger partial charge in [-0.15, -0.1) is 11.6 Å². The van der Waals surface area contributed by atoms with E-state index in [9.17, 15) is 24.9 Å². The molecule has 0 spiro atoms. The van der Waals surface area contributed by atoms with Crippen molar-refractivity contribution in [3.05, 3.63) is 23.8 Å². The van der Waals surface area contributed by atoms with Gasteiger partial charge in [-0.2, -0.15) is 0 Å². The van der Waals surface area contributed by atoms with E-state index < -0.39 is 44.7 Å². The molecule has 0 amide bonds. The first-order valence-corrected chi connectivity index (χ1v) is 11.3. The van der Waals surface area contributed by atoms with Crippen LogP contribution in [-0.4, -0.2) is 49.6 Å². The lowest BCUT2D eigenvalue weighted by atomic mass is 9.46. The van der Waals surface area contributed by atoms with Crippen molar-refractivity contribution < 1.29 is 24.9 Å². The molecule has 2 saturated carbocycles. The molecular weight excluding hydrogens is 404 g/mol. The third-order valence-electron chi connectivity index (χ3n) is 9.27. The van der Waals surface area contributed by atoms with Gasteiger partial charge in [-0.1, -0.05) is 45.4 Å². The van der Waals surface area contributed by atoms with Crippen LogP contribution in [0.3, 0.4) is 0 Å². The van der Waals surface area contributed by atoms with E-state index >= 15 is 0 Å². The number of aliphatic hydroxyl groups is 3. The van der Waals surface area contributed by atoms with Crippen molar-refractivity contribution in [2.75, 3.05) is 0 Å². The number of halogens is 1. The number of fused-ring (bicyclic) bond motifs is 5. The smallest absolute Gasteiger partial charge is 0.193 e. The highest BCUT2D eigenvalue weighted by Crippen LogP contribution is 2.73. The second kappa shape index (κ2) is 6.28. The van der Waals surface area contributed by atoms with Crippen LogP contribution in [0.1, 0.15) is 60.3 Å². The Morgan fingerprint density at radius 3 is 2.43 bits per heavy atom. The van der Waals surface area contributed by atoms with Crippen LogP contribution in [0, 0.1) is 28.1 Å². The fraction of sp³-hybridized carbons (Fsp3) is 0.750. The molecule has 8 atom stereocenters. The molecule has 0 radical (unpaired) electrons. The van der Waals surface area contributed by atoms with Crippen LogP contribution in [0.2, 0.25) is 0 Å². The number of carbonyl (C=O) groups is 2. The van der Waals surface area contributed by atoms with Gasteiger partial charge in [0.1, 0.15) is 11.7 Å². The lowest BCUT2D eigenvalue weighted by Crippen LogP contribution is -2.69. The van der Waals surface area contributed by atoms with Gasteiger partial charge >= 0.3 is 0 Å². The minimum atomic E-state index is -1.78. The number of alkyl halides is 1. The van der Waals surface area contributed by atoms with Crippen LogP contribution in [0.15, 0.2) is 23.8 Å². The normalized spacial score (nSPS) is 50.2. The molecule has 5 nitrogen and oxygen atoms in total. The topological polar surface area (TPSA) is 94.8 Å². The Balaban J connectivity index is 1.88. The Kier molecular flexibility index (Phi) is 4.64. The first-order valence-electron chi connectivity index (χ1n) is 10.9. The second-order valence-corrected chi connectivity index (χ2v) is 11.7. The molecule has 8 unspecified atom stereocenters. The van der Waals surface area contributed by atoms with Crippen LogP contribution in [0.25, 0.3) is 0 Å². The number of allylic oxidation sites excluding steroid dienone is 4. The van der Waals surface area contributed by atoms with Crippen molar-refractivity contribution in [1.29, 1.82) is 0 Å². The van der Waals surface area contributed by atoms with Crippen molar-refractivity contribution in [2.24, 2.45) is 28.1 Å². The quantitative estimate of drug-likeness (QED) is 0.457. The molecule has 166 valence electrons. The average Bonchev–Trinajstić information content (AvgIpc) is 2.80. The lowest BCUT2D eigenvalue weighted by Gasteiger charge is -2.63. The molecule has 2 fully saturated rings. The first-order chi connectivity index (χ1) is 13.7. The fourth-order valence-electron chi connectivity index (χ4n) is 7.65. The Morgan fingerprint density at radius 1 is 1.20 bits per heavy atom. The van der Waals surface area contributed by atoms with Crippen LogP contribution >= 0.6 is 11.6 Å². The van der Waals surface area contributed by atoms with Crippen molar-refractivity contribution in [3.8, 4) is 0 Å². The van der Waals surface area contributed by atoms with Gasteiger partial charge in [0.15, 0.2) is 11.6 Å². The minimum absolute atomic E-state index is 0.0338. The van der Waals surface area contributed by atoms with E-state index in [0.717, 1.165) is 5.57 Å². The average molecular weight is 437 g/mol.